The van der Waals surface area contributed by atoms with E-state index in [9.17, 15) is 15.0 Å². The fourth-order valence-electron chi connectivity index (χ4n) is 6.93. The molecule has 1 amide bonds. The predicted octanol–water partition coefficient (Wildman–Crippen LogP) is 8.95. The molecule has 0 atom stereocenters. The first kappa shape index (κ1) is 33.0. The number of hydrogen-bond donors (Lipinski definition) is 3. The Labute approximate surface area is 250 Å². The third-order valence-corrected chi connectivity index (χ3v) is 8.76. The average molecular weight is 564 g/mol. The van der Waals surface area contributed by atoms with Gasteiger partial charge < -0.3 is 15.9 Å². The van der Waals surface area contributed by atoms with Crippen LogP contribution in [0, 0.1) is 0 Å². The molecule has 0 saturated carbocycles. The summed E-state index contributed by atoms with van der Waals surface area (Å²) in [5, 5.41) is 23.7. The van der Waals surface area contributed by atoms with Gasteiger partial charge >= 0.3 is 0 Å². The van der Waals surface area contributed by atoms with Crippen molar-refractivity contribution in [3.8, 4) is 11.5 Å². The lowest BCUT2D eigenvalue weighted by molar-refractivity contribution is -0.118. The summed E-state index contributed by atoms with van der Waals surface area (Å²) in [6.07, 6.45) is 6.11. The average Bonchev–Trinajstić information content (AvgIpc) is 2.78. The van der Waals surface area contributed by atoms with Crippen molar-refractivity contribution >= 4 is 5.91 Å². The molecule has 0 unspecified atom stereocenters. The van der Waals surface area contributed by atoms with Crippen molar-refractivity contribution in [2.75, 3.05) is 0 Å². The first-order valence-corrected chi connectivity index (χ1v) is 15.6. The number of amides is 1. The van der Waals surface area contributed by atoms with Crippen molar-refractivity contribution < 1.29 is 15.0 Å². The van der Waals surface area contributed by atoms with Crippen molar-refractivity contribution in [1.82, 2.24) is 0 Å². The lowest BCUT2D eigenvalue weighted by Crippen LogP contribution is -2.26. The summed E-state index contributed by atoms with van der Waals surface area (Å²) in [6, 6.07) is 4.35. The molecule has 1 aliphatic carbocycles. The highest BCUT2D eigenvalue weighted by molar-refractivity contribution is 5.76. The van der Waals surface area contributed by atoms with Crippen LogP contribution in [0.3, 0.4) is 0 Å². The van der Waals surface area contributed by atoms with Gasteiger partial charge in [0, 0.05) is 23.5 Å². The number of phenols is 2. The van der Waals surface area contributed by atoms with Crippen LogP contribution < -0.4 is 5.73 Å². The van der Waals surface area contributed by atoms with Crippen LogP contribution in [0.4, 0.5) is 0 Å². The fraction of sp³-hybridized carbons (Fsp3) is 0.649. The Morgan fingerprint density at radius 1 is 0.659 bits per heavy atom. The molecule has 0 aliphatic heterocycles. The Bertz CT molecular complexity index is 1200. The van der Waals surface area contributed by atoms with Crippen LogP contribution >= 0.6 is 0 Å². The van der Waals surface area contributed by atoms with Crippen LogP contribution in [-0.4, -0.2) is 16.1 Å². The molecule has 228 valence electrons. The molecule has 0 spiro atoms. The summed E-state index contributed by atoms with van der Waals surface area (Å²) in [5.41, 5.74) is 13.2. The molecule has 0 heterocycles. The maximum Gasteiger partial charge on any atom is 0.218 e. The van der Waals surface area contributed by atoms with E-state index in [1.807, 2.05) is 0 Å². The van der Waals surface area contributed by atoms with Gasteiger partial charge in [0.05, 0.1) is 0 Å². The maximum atomic E-state index is 12.9. The topological polar surface area (TPSA) is 83.6 Å². The molecule has 4 nitrogen and oxygen atoms in total. The van der Waals surface area contributed by atoms with Crippen LogP contribution in [0.15, 0.2) is 12.1 Å². The number of hydrogen-bond acceptors (Lipinski definition) is 3. The first-order chi connectivity index (χ1) is 18.6. The minimum absolute atomic E-state index is 0.176. The molecular formula is C37H57NO3. The minimum Gasteiger partial charge on any atom is -0.507 e. The lowest BCUT2D eigenvalue weighted by atomic mass is 9.69. The van der Waals surface area contributed by atoms with E-state index in [4.69, 9.17) is 5.73 Å². The zero-order valence-electron chi connectivity index (χ0n) is 28.1. The molecule has 0 saturated heterocycles. The number of carbonyl (C=O) groups excluding carboxylic acids is 1. The number of primary amides is 1. The Morgan fingerprint density at radius 3 is 1.27 bits per heavy atom. The van der Waals surface area contributed by atoms with E-state index in [0.29, 0.717) is 11.5 Å². The highest BCUT2D eigenvalue weighted by Gasteiger charge is 2.37. The Morgan fingerprint density at radius 2 is 1.00 bits per heavy atom. The lowest BCUT2D eigenvalue weighted by Gasteiger charge is -2.36. The monoisotopic (exact) mass is 563 g/mol. The van der Waals surface area contributed by atoms with Crippen molar-refractivity contribution in [2.45, 2.75) is 156 Å². The van der Waals surface area contributed by atoms with Crippen LogP contribution in [0.5, 0.6) is 11.5 Å². The van der Waals surface area contributed by atoms with E-state index in [2.05, 4.69) is 95.2 Å². The smallest absolute Gasteiger partial charge is 0.218 e. The SMILES string of the molecule is CC(C)(C)c1cc2c(c(C(C)(C)C)c1O)CCCCCCc1c(cc(C(C)(C)C)c(O)c1C(C)(C)C)C2CC(N)=O. The number of fused-ring (bicyclic) bond motifs is 2. The Kier molecular flexibility index (Phi) is 9.10. The quantitative estimate of drug-likeness (QED) is 0.341. The van der Waals surface area contributed by atoms with Crippen molar-refractivity contribution in [3.63, 3.8) is 0 Å². The predicted molar refractivity (Wildman–Crippen MR) is 173 cm³/mol. The summed E-state index contributed by atoms with van der Waals surface area (Å²) >= 11 is 0. The van der Waals surface area contributed by atoms with Gasteiger partial charge in [0.2, 0.25) is 5.91 Å². The van der Waals surface area contributed by atoms with Crippen LogP contribution in [0.2, 0.25) is 0 Å². The second-order valence-electron chi connectivity index (χ2n) is 16.6. The summed E-state index contributed by atoms with van der Waals surface area (Å²) in [4.78, 5) is 12.9. The van der Waals surface area contributed by atoms with Gasteiger partial charge in [-0.3, -0.25) is 4.79 Å². The minimum atomic E-state index is -0.341. The third kappa shape index (κ3) is 6.95. The van der Waals surface area contributed by atoms with E-state index in [1.165, 1.54) is 0 Å². The zero-order chi connectivity index (χ0) is 31.3. The largest absolute Gasteiger partial charge is 0.507 e. The van der Waals surface area contributed by atoms with E-state index < -0.39 is 0 Å². The van der Waals surface area contributed by atoms with Crippen molar-refractivity contribution in [3.05, 3.63) is 56.6 Å². The third-order valence-electron chi connectivity index (χ3n) is 8.76. The molecule has 1 aliphatic rings. The second-order valence-corrected chi connectivity index (χ2v) is 16.6. The molecular weight excluding hydrogens is 506 g/mol. The maximum absolute atomic E-state index is 12.9. The summed E-state index contributed by atoms with van der Waals surface area (Å²) in [7, 11) is 0. The molecule has 4 N–H and O–H groups in total. The van der Waals surface area contributed by atoms with E-state index in [1.54, 1.807) is 0 Å². The molecule has 2 aromatic carbocycles. The molecule has 0 bridgehead atoms. The zero-order valence-corrected chi connectivity index (χ0v) is 28.1. The van der Waals surface area contributed by atoms with E-state index in [-0.39, 0.29) is 39.9 Å². The molecule has 41 heavy (non-hydrogen) atoms. The van der Waals surface area contributed by atoms with Crippen LogP contribution in [-0.2, 0) is 39.3 Å². The fourth-order valence-corrected chi connectivity index (χ4v) is 6.93. The van der Waals surface area contributed by atoms with Gasteiger partial charge in [0.15, 0.2) is 0 Å². The number of carbonyl (C=O) groups is 1. The van der Waals surface area contributed by atoms with Gasteiger partial charge in [-0.25, -0.2) is 0 Å². The first-order valence-electron chi connectivity index (χ1n) is 15.6. The van der Waals surface area contributed by atoms with E-state index >= 15 is 0 Å². The Balaban J connectivity index is 2.65. The second kappa shape index (κ2) is 11.3. The van der Waals surface area contributed by atoms with Gasteiger partial charge in [0.25, 0.3) is 0 Å². The normalized spacial score (nSPS) is 16.1. The van der Waals surface area contributed by atoms with Gasteiger partial charge in [-0.1, -0.05) is 108 Å². The van der Waals surface area contributed by atoms with Crippen molar-refractivity contribution in [1.29, 1.82) is 0 Å². The number of benzene rings is 2. The van der Waals surface area contributed by atoms with Crippen LogP contribution in [0.25, 0.3) is 0 Å². The van der Waals surface area contributed by atoms with Crippen molar-refractivity contribution in [2.24, 2.45) is 5.73 Å². The summed E-state index contributed by atoms with van der Waals surface area (Å²) in [6.45, 7) is 25.8. The molecule has 0 fully saturated rings. The number of phenolic OH excluding ortho intramolecular Hbond substituents is 2. The number of nitrogens with two attached hydrogens (primary N) is 1. The van der Waals surface area contributed by atoms with Gasteiger partial charge in [-0.2, -0.15) is 0 Å². The highest BCUT2D eigenvalue weighted by atomic mass is 16.3. The molecule has 3 rings (SSSR count). The Hall–Kier alpha value is -2.49. The van der Waals surface area contributed by atoms with Gasteiger partial charge in [-0.15, -0.1) is 0 Å². The number of rotatable bonds is 2. The molecule has 4 heteroatoms. The highest BCUT2D eigenvalue weighted by Crippen LogP contribution is 2.50. The number of aromatic hydroxyl groups is 2. The van der Waals surface area contributed by atoms with Gasteiger partial charge in [0.1, 0.15) is 11.5 Å². The van der Waals surface area contributed by atoms with E-state index in [0.717, 1.165) is 83.0 Å². The molecule has 0 aromatic heterocycles. The summed E-state index contributed by atoms with van der Waals surface area (Å²) < 4.78 is 0. The van der Waals surface area contributed by atoms with Gasteiger partial charge in [-0.05, 0) is 80.7 Å². The molecule has 2 aromatic rings. The standard InChI is InChI=1S/C37H57NO3/c1-34(2,3)27-19-24-22(30(32(27)40)36(7,8)9)17-15-13-14-16-18-23-25(26(24)21-29(38)39)20-28(35(4,5)6)33(41)31(23)37(10,11)12/h19-20,26,40-41H,13-18,21H2,1-12H3,(H2,38,39). The van der Waals surface area contributed by atoms with Crippen LogP contribution in [0.1, 0.15) is 166 Å². The summed E-state index contributed by atoms with van der Waals surface area (Å²) in [5.74, 6) is 0.148. The molecule has 0 radical (unpaired) electrons.